The van der Waals surface area contributed by atoms with Crippen LogP contribution in [-0.2, 0) is 11.2 Å². The van der Waals surface area contributed by atoms with E-state index in [9.17, 15) is 4.79 Å². The van der Waals surface area contributed by atoms with Crippen LogP contribution >= 0.6 is 23.1 Å². The van der Waals surface area contributed by atoms with Crippen LogP contribution in [-0.4, -0.2) is 10.9 Å². The van der Waals surface area contributed by atoms with E-state index in [1.54, 1.807) is 29.3 Å². The number of hydrogen-bond acceptors (Lipinski definition) is 4. The fourth-order valence-electron chi connectivity index (χ4n) is 3.45. The van der Waals surface area contributed by atoms with Crippen LogP contribution in [0.3, 0.4) is 0 Å². The lowest BCUT2D eigenvalue weighted by molar-refractivity contribution is -0.115. The lowest BCUT2D eigenvalue weighted by Gasteiger charge is -2.18. The van der Waals surface area contributed by atoms with Crippen LogP contribution in [0.1, 0.15) is 30.7 Å². The number of allylic oxidation sites excluding steroid dienone is 3. The second kappa shape index (κ2) is 8.33. The molecule has 1 amide bonds. The molecule has 0 fully saturated rings. The Morgan fingerprint density at radius 3 is 2.96 bits per heavy atom. The molecular formula is C23H22N2OS2. The molecule has 1 atom stereocenters. The maximum absolute atomic E-state index is 12.8. The van der Waals surface area contributed by atoms with Crippen molar-refractivity contribution in [2.75, 3.05) is 5.32 Å². The third-order valence-electron chi connectivity index (χ3n) is 4.84. The Kier molecular flexibility index (Phi) is 5.64. The van der Waals surface area contributed by atoms with Gasteiger partial charge < -0.3 is 5.32 Å². The van der Waals surface area contributed by atoms with Gasteiger partial charge in [0.05, 0.1) is 17.0 Å². The van der Waals surface area contributed by atoms with Gasteiger partial charge >= 0.3 is 0 Å². The molecular weight excluding hydrogens is 384 g/mol. The lowest BCUT2D eigenvalue weighted by Crippen LogP contribution is -2.15. The number of hydrogen-bond donors (Lipinski definition) is 1. The number of carbonyl (C=O) groups excluding carboxylic acids is 1. The minimum absolute atomic E-state index is 0.00433. The van der Waals surface area contributed by atoms with Gasteiger partial charge in [-0.05, 0) is 52.6 Å². The second-order valence-corrected chi connectivity index (χ2v) is 9.09. The molecule has 2 aromatic heterocycles. The number of amides is 1. The first-order valence-electron chi connectivity index (χ1n) is 9.41. The average Bonchev–Trinajstić information content (AvgIpc) is 3.15. The second-order valence-electron chi connectivity index (χ2n) is 6.88. The molecule has 0 bridgehead atoms. The molecule has 0 saturated heterocycles. The number of thioether (sulfide) groups is 1. The number of carbonyl (C=O) groups is 1. The summed E-state index contributed by atoms with van der Waals surface area (Å²) in [4.78, 5) is 20.7. The van der Waals surface area contributed by atoms with Gasteiger partial charge in [0, 0.05) is 22.7 Å². The molecule has 5 heteroatoms. The van der Waals surface area contributed by atoms with E-state index in [4.69, 9.17) is 0 Å². The van der Waals surface area contributed by atoms with Crippen LogP contribution in [0, 0.1) is 5.92 Å². The van der Waals surface area contributed by atoms with E-state index in [1.165, 1.54) is 9.81 Å². The third kappa shape index (κ3) is 4.05. The smallest absolute Gasteiger partial charge is 0.228 e. The van der Waals surface area contributed by atoms with Crippen molar-refractivity contribution in [2.45, 2.75) is 26.7 Å². The Morgan fingerprint density at radius 1 is 1.21 bits per heavy atom. The van der Waals surface area contributed by atoms with E-state index >= 15 is 0 Å². The Hall–Kier alpha value is -2.37. The minimum atomic E-state index is 0.00433. The van der Waals surface area contributed by atoms with Crippen LogP contribution < -0.4 is 5.32 Å². The molecule has 0 spiro atoms. The predicted molar refractivity (Wildman–Crippen MR) is 122 cm³/mol. The van der Waals surface area contributed by atoms with Gasteiger partial charge in [0.2, 0.25) is 5.91 Å². The standard InChI is InChI=1S/C23H22N2OS2/c1-3-16-11-15(2)28-21(12-16)23-20(8-10-27-23)25-22(26)13-17-5-4-6-18-14-24-9-7-19(17)18/h4-12,14,16H,3,13H2,1-2H3,(H,25,26). The van der Waals surface area contributed by atoms with Crippen LogP contribution in [0.25, 0.3) is 15.7 Å². The van der Waals surface area contributed by atoms with Gasteiger partial charge in [0.25, 0.3) is 0 Å². The first-order valence-corrected chi connectivity index (χ1v) is 11.1. The van der Waals surface area contributed by atoms with Gasteiger partial charge in [0.15, 0.2) is 0 Å². The van der Waals surface area contributed by atoms with Crippen LogP contribution in [0.5, 0.6) is 0 Å². The number of nitrogens with zero attached hydrogens (tertiary/aromatic N) is 1. The SMILES string of the molecule is CCC1C=C(C)SC(c2sccc2NC(=O)Cc2cccc3cnccc23)=C1. The maximum atomic E-state index is 12.8. The molecule has 0 saturated carbocycles. The lowest BCUT2D eigenvalue weighted by atomic mass is 10.0. The summed E-state index contributed by atoms with van der Waals surface area (Å²) in [5.41, 5.74) is 1.92. The minimum Gasteiger partial charge on any atom is -0.324 e. The summed E-state index contributed by atoms with van der Waals surface area (Å²) in [5.74, 6) is 0.468. The zero-order valence-corrected chi connectivity index (χ0v) is 17.6. The maximum Gasteiger partial charge on any atom is 0.228 e. The Bertz CT molecular complexity index is 1080. The van der Waals surface area contributed by atoms with Gasteiger partial charge in [-0.25, -0.2) is 0 Å². The fourth-order valence-corrected chi connectivity index (χ4v) is 5.53. The highest BCUT2D eigenvalue weighted by Crippen LogP contribution is 2.44. The van der Waals surface area contributed by atoms with Gasteiger partial charge in [-0.3, -0.25) is 9.78 Å². The predicted octanol–water partition coefficient (Wildman–Crippen LogP) is 6.50. The van der Waals surface area contributed by atoms with Gasteiger partial charge in [0.1, 0.15) is 0 Å². The quantitative estimate of drug-likeness (QED) is 0.526. The molecule has 4 rings (SSSR count). The fraction of sp³-hybridized carbons (Fsp3) is 0.217. The summed E-state index contributed by atoms with van der Waals surface area (Å²) in [6.45, 7) is 4.36. The van der Waals surface area contributed by atoms with Crippen molar-refractivity contribution in [1.29, 1.82) is 0 Å². The highest BCUT2D eigenvalue weighted by molar-refractivity contribution is 8.12. The zero-order chi connectivity index (χ0) is 19.5. The molecule has 1 aliphatic rings. The van der Waals surface area contributed by atoms with E-state index in [2.05, 4.69) is 36.3 Å². The summed E-state index contributed by atoms with van der Waals surface area (Å²) < 4.78 is 0. The summed E-state index contributed by atoms with van der Waals surface area (Å²) >= 11 is 3.47. The average molecular weight is 407 g/mol. The largest absolute Gasteiger partial charge is 0.324 e. The highest BCUT2D eigenvalue weighted by Gasteiger charge is 2.18. The number of thiophene rings is 1. The van der Waals surface area contributed by atoms with Gasteiger partial charge in [-0.2, -0.15) is 0 Å². The summed E-state index contributed by atoms with van der Waals surface area (Å²) in [5, 5.41) is 7.31. The van der Waals surface area contributed by atoms with Gasteiger partial charge in [-0.15, -0.1) is 11.3 Å². The number of fused-ring (bicyclic) bond motifs is 1. The van der Waals surface area contributed by atoms with E-state index in [0.29, 0.717) is 12.3 Å². The van der Waals surface area contributed by atoms with Crippen molar-refractivity contribution in [1.82, 2.24) is 4.98 Å². The van der Waals surface area contributed by atoms with Crippen molar-refractivity contribution in [3.8, 4) is 0 Å². The molecule has 1 unspecified atom stereocenters. The van der Waals surface area contributed by atoms with Crippen molar-refractivity contribution in [3.63, 3.8) is 0 Å². The van der Waals surface area contributed by atoms with Crippen LogP contribution in [0.15, 0.2) is 65.2 Å². The summed E-state index contributed by atoms with van der Waals surface area (Å²) in [6.07, 6.45) is 9.67. The summed E-state index contributed by atoms with van der Waals surface area (Å²) in [6, 6.07) is 9.98. The van der Waals surface area contributed by atoms with Crippen molar-refractivity contribution in [3.05, 3.63) is 75.6 Å². The third-order valence-corrected chi connectivity index (χ3v) is 6.94. The Balaban J connectivity index is 1.54. The van der Waals surface area contributed by atoms with Crippen LogP contribution in [0.2, 0.25) is 0 Å². The molecule has 28 heavy (non-hydrogen) atoms. The topological polar surface area (TPSA) is 42.0 Å². The number of pyridine rings is 1. The van der Waals surface area contributed by atoms with Crippen molar-refractivity contribution >= 4 is 50.4 Å². The molecule has 142 valence electrons. The molecule has 1 aromatic carbocycles. The van der Waals surface area contributed by atoms with Gasteiger partial charge in [-0.1, -0.05) is 49.0 Å². The number of benzene rings is 1. The number of aromatic nitrogens is 1. The van der Waals surface area contributed by atoms with E-state index in [0.717, 1.165) is 33.3 Å². The highest BCUT2D eigenvalue weighted by atomic mass is 32.2. The molecule has 0 aliphatic carbocycles. The first-order chi connectivity index (χ1) is 13.6. The van der Waals surface area contributed by atoms with E-state index in [-0.39, 0.29) is 5.91 Å². The molecule has 3 nitrogen and oxygen atoms in total. The number of nitrogens with one attached hydrogen (secondary N) is 1. The molecule has 3 aromatic rings. The normalized spacial score (nSPS) is 16.6. The molecule has 3 heterocycles. The molecule has 1 N–H and O–H groups in total. The molecule has 0 radical (unpaired) electrons. The summed E-state index contributed by atoms with van der Waals surface area (Å²) in [7, 11) is 0. The zero-order valence-electron chi connectivity index (χ0n) is 15.9. The van der Waals surface area contributed by atoms with Crippen molar-refractivity contribution in [2.24, 2.45) is 5.92 Å². The first kappa shape index (κ1) is 19.0. The number of anilines is 1. The van der Waals surface area contributed by atoms with E-state index in [1.807, 2.05) is 41.9 Å². The number of rotatable bonds is 5. The Morgan fingerprint density at radius 2 is 2.11 bits per heavy atom. The monoisotopic (exact) mass is 406 g/mol. The Labute approximate surface area is 173 Å². The van der Waals surface area contributed by atoms with Crippen molar-refractivity contribution < 1.29 is 4.79 Å². The van der Waals surface area contributed by atoms with Crippen LogP contribution in [0.4, 0.5) is 5.69 Å². The van der Waals surface area contributed by atoms with E-state index < -0.39 is 0 Å². The molecule has 1 aliphatic heterocycles.